The fourth-order valence-corrected chi connectivity index (χ4v) is 2.51. The minimum absolute atomic E-state index is 0.142. The molecule has 2 aromatic rings. The van der Waals surface area contributed by atoms with Crippen molar-refractivity contribution in [2.45, 2.75) is 19.3 Å². The van der Waals surface area contributed by atoms with E-state index in [2.05, 4.69) is 29.1 Å². The van der Waals surface area contributed by atoms with E-state index in [9.17, 15) is 9.90 Å². The van der Waals surface area contributed by atoms with Crippen molar-refractivity contribution in [2.24, 2.45) is 0 Å². The number of nitrogens with one attached hydrogen (secondary N) is 1. The zero-order valence-electron chi connectivity index (χ0n) is 12.8. The molecule has 0 saturated carbocycles. The molecule has 2 heterocycles. The van der Waals surface area contributed by atoms with E-state index in [4.69, 9.17) is 0 Å². The molecule has 118 valence electrons. The zero-order chi connectivity index (χ0) is 16.2. The molecule has 2 N–H and O–H groups in total. The van der Waals surface area contributed by atoms with Crippen molar-refractivity contribution >= 4 is 5.70 Å². The van der Waals surface area contributed by atoms with Crippen molar-refractivity contribution in [1.29, 1.82) is 0 Å². The van der Waals surface area contributed by atoms with E-state index >= 15 is 0 Å². The molecular weight excluding hydrogens is 290 g/mol. The van der Waals surface area contributed by atoms with E-state index in [1.807, 2.05) is 24.3 Å². The lowest BCUT2D eigenvalue weighted by atomic mass is 10.1. The zero-order valence-corrected chi connectivity index (χ0v) is 12.8. The van der Waals surface area contributed by atoms with Gasteiger partial charge in [0.1, 0.15) is 0 Å². The molecule has 1 aromatic carbocycles. The number of aromatic hydroxyl groups is 1. The lowest BCUT2D eigenvalue weighted by molar-refractivity contribution is 0.460. The van der Waals surface area contributed by atoms with Gasteiger partial charge in [-0.05, 0) is 37.0 Å². The summed E-state index contributed by atoms with van der Waals surface area (Å²) in [6.45, 7) is 4.57. The number of rotatable bonds is 0. The summed E-state index contributed by atoms with van der Waals surface area (Å²) in [4.78, 5) is 12.1. The average Bonchev–Trinajstić information content (AvgIpc) is 2.55. The third kappa shape index (κ3) is 3.34. The minimum atomic E-state index is -0.512. The minimum Gasteiger partial charge on any atom is -0.503 e. The highest BCUT2D eigenvalue weighted by Crippen LogP contribution is 2.15. The predicted octanol–water partition coefficient (Wildman–Crippen LogP) is 2.39. The number of hydrogen-bond acceptors (Lipinski definition) is 4. The van der Waals surface area contributed by atoms with Crippen LogP contribution in [-0.4, -0.2) is 21.4 Å². The van der Waals surface area contributed by atoms with Crippen LogP contribution in [0.1, 0.15) is 24.1 Å². The Bertz CT molecular complexity index is 821. The molecule has 0 saturated heterocycles. The molecule has 5 heteroatoms. The largest absolute Gasteiger partial charge is 0.503 e. The normalized spacial score (nSPS) is 16.3. The van der Waals surface area contributed by atoms with Crippen LogP contribution >= 0.6 is 0 Å². The van der Waals surface area contributed by atoms with E-state index < -0.39 is 5.43 Å². The summed E-state index contributed by atoms with van der Waals surface area (Å²) in [6, 6.07) is 7.86. The Morgan fingerprint density at radius 2 is 2.17 bits per heavy atom. The van der Waals surface area contributed by atoms with Gasteiger partial charge in [-0.25, -0.2) is 4.68 Å². The van der Waals surface area contributed by atoms with Crippen molar-refractivity contribution in [3.05, 3.63) is 70.7 Å². The smallest absolute Gasteiger partial charge is 0.251 e. The molecule has 0 fully saturated rings. The van der Waals surface area contributed by atoms with Gasteiger partial charge >= 0.3 is 0 Å². The quantitative estimate of drug-likeness (QED) is 0.733. The van der Waals surface area contributed by atoms with Crippen molar-refractivity contribution in [3.8, 4) is 11.4 Å². The SMILES string of the molecule is C=C1NCCC/C=C\Cc2cccc(c2)-n2cc(O)c(=O)c1n2. The molecule has 0 aliphatic carbocycles. The van der Waals surface area contributed by atoms with Crippen LogP contribution in [-0.2, 0) is 6.42 Å². The summed E-state index contributed by atoms with van der Waals surface area (Å²) in [6.07, 6.45) is 8.38. The van der Waals surface area contributed by atoms with Gasteiger partial charge in [0.25, 0.3) is 5.43 Å². The summed E-state index contributed by atoms with van der Waals surface area (Å²) < 4.78 is 1.51. The molecular formula is C18H19N3O2. The first-order valence-corrected chi connectivity index (χ1v) is 7.65. The van der Waals surface area contributed by atoms with Gasteiger partial charge in [0.05, 0.1) is 17.6 Å². The topological polar surface area (TPSA) is 67.2 Å². The van der Waals surface area contributed by atoms with Crippen molar-refractivity contribution < 1.29 is 5.11 Å². The highest BCUT2D eigenvalue weighted by Gasteiger charge is 2.13. The van der Waals surface area contributed by atoms with Crippen LogP contribution in [0.25, 0.3) is 11.4 Å². The molecule has 1 aliphatic heterocycles. The van der Waals surface area contributed by atoms with Crippen molar-refractivity contribution in [1.82, 2.24) is 15.1 Å². The summed E-state index contributed by atoms with van der Waals surface area (Å²) in [7, 11) is 0. The Kier molecular flexibility index (Phi) is 4.28. The number of hydrogen-bond donors (Lipinski definition) is 2. The third-order valence-corrected chi connectivity index (χ3v) is 3.77. The predicted molar refractivity (Wildman–Crippen MR) is 90.6 cm³/mol. The second-order valence-electron chi connectivity index (χ2n) is 5.53. The molecule has 3 rings (SSSR count). The van der Waals surface area contributed by atoms with E-state index in [-0.39, 0.29) is 11.4 Å². The number of aromatic nitrogens is 2. The molecule has 0 unspecified atom stereocenters. The second kappa shape index (κ2) is 6.52. The van der Waals surface area contributed by atoms with Crippen LogP contribution in [0.15, 0.2) is 54.0 Å². The molecule has 0 amide bonds. The van der Waals surface area contributed by atoms with Gasteiger partial charge in [-0.15, -0.1) is 0 Å². The van der Waals surface area contributed by atoms with E-state index in [0.29, 0.717) is 12.2 Å². The fraction of sp³-hybridized carbons (Fsp3) is 0.222. The van der Waals surface area contributed by atoms with Crippen LogP contribution in [0.4, 0.5) is 0 Å². The molecule has 4 bridgehead atoms. The van der Waals surface area contributed by atoms with Crippen LogP contribution in [0, 0.1) is 0 Å². The molecule has 1 aromatic heterocycles. The first-order chi connectivity index (χ1) is 11.1. The molecule has 5 nitrogen and oxygen atoms in total. The van der Waals surface area contributed by atoms with Crippen molar-refractivity contribution in [3.63, 3.8) is 0 Å². The maximum Gasteiger partial charge on any atom is 0.251 e. The monoisotopic (exact) mass is 309 g/mol. The molecule has 1 aliphatic rings. The molecule has 0 radical (unpaired) electrons. The summed E-state index contributed by atoms with van der Waals surface area (Å²) >= 11 is 0. The number of allylic oxidation sites excluding steroid dienone is 2. The number of benzene rings is 1. The second-order valence-corrected chi connectivity index (χ2v) is 5.53. The van der Waals surface area contributed by atoms with Gasteiger partial charge in [0, 0.05) is 6.54 Å². The Balaban J connectivity index is 2.13. The Hall–Kier alpha value is -2.82. The van der Waals surface area contributed by atoms with Gasteiger partial charge in [0.15, 0.2) is 11.4 Å². The highest BCUT2D eigenvalue weighted by molar-refractivity contribution is 5.59. The first kappa shape index (κ1) is 15.1. The molecule has 0 atom stereocenters. The molecule has 23 heavy (non-hydrogen) atoms. The average molecular weight is 309 g/mol. The van der Waals surface area contributed by atoms with Crippen LogP contribution in [0.2, 0.25) is 0 Å². The maximum atomic E-state index is 12.1. The van der Waals surface area contributed by atoms with Gasteiger partial charge in [-0.1, -0.05) is 30.9 Å². The summed E-state index contributed by atoms with van der Waals surface area (Å²) in [5.41, 5.74) is 1.99. The lowest BCUT2D eigenvalue weighted by Gasteiger charge is -2.13. The summed E-state index contributed by atoms with van der Waals surface area (Å²) in [5.74, 6) is -0.338. The van der Waals surface area contributed by atoms with Gasteiger partial charge in [0.2, 0.25) is 0 Å². The highest BCUT2D eigenvalue weighted by atomic mass is 16.3. The third-order valence-electron chi connectivity index (χ3n) is 3.77. The molecule has 0 spiro atoms. The van der Waals surface area contributed by atoms with Crippen molar-refractivity contribution in [2.75, 3.05) is 6.54 Å². The van der Waals surface area contributed by atoms with E-state index in [1.54, 1.807) is 0 Å². The van der Waals surface area contributed by atoms with Gasteiger partial charge in [-0.3, -0.25) is 4.79 Å². The first-order valence-electron chi connectivity index (χ1n) is 7.65. The number of fused-ring (bicyclic) bond motifs is 5. The standard InChI is InChI=1S/C18H19N3O2/c1-13-17-18(23)16(22)12-21(20-17)15-9-6-8-14(11-15)7-4-2-3-5-10-19-13/h2,4,6,8-9,11-12,19,22H,1,3,5,7,10H2/b4-2-. The van der Waals surface area contributed by atoms with Crippen LogP contribution in [0.3, 0.4) is 0 Å². The van der Waals surface area contributed by atoms with Crippen LogP contribution < -0.4 is 10.7 Å². The Morgan fingerprint density at radius 1 is 1.30 bits per heavy atom. The Morgan fingerprint density at radius 3 is 3.04 bits per heavy atom. The lowest BCUT2D eigenvalue weighted by Crippen LogP contribution is -2.23. The van der Waals surface area contributed by atoms with Gasteiger partial charge in [-0.2, -0.15) is 5.10 Å². The van der Waals surface area contributed by atoms with Crippen LogP contribution in [0.5, 0.6) is 5.75 Å². The fourth-order valence-electron chi connectivity index (χ4n) is 2.51. The van der Waals surface area contributed by atoms with E-state index in [1.165, 1.54) is 10.9 Å². The maximum absolute atomic E-state index is 12.1. The van der Waals surface area contributed by atoms with E-state index in [0.717, 1.165) is 30.5 Å². The summed E-state index contributed by atoms with van der Waals surface area (Å²) in [5, 5.41) is 17.4. The van der Waals surface area contributed by atoms with Gasteiger partial charge < -0.3 is 10.4 Å². The number of nitrogens with zero attached hydrogens (tertiary/aromatic N) is 2. The Labute approximate surface area is 134 Å².